The Bertz CT molecular complexity index is 375. The molecule has 0 aliphatic heterocycles. The van der Waals surface area contributed by atoms with Gasteiger partial charge < -0.3 is 0 Å². The summed E-state index contributed by atoms with van der Waals surface area (Å²) in [6.07, 6.45) is 12.5. The van der Waals surface area contributed by atoms with Crippen molar-refractivity contribution >= 4 is 6.08 Å². The number of aliphatic imine (C=N–C) groups is 1. The smallest absolute Gasteiger partial charge is 0.211 e. The fourth-order valence-electron chi connectivity index (χ4n) is 2.52. The van der Waals surface area contributed by atoms with Gasteiger partial charge in [0.05, 0.1) is 5.54 Å². The average Bonchev–Trinajstić information content (AvgIpc) is 2.29. The molecule has 2 unspecified atom stereocenters. The summed E-state index contributed by atoms with van der Waals surface area (Å²) >= 11 is 0. The van der Waals surface area contributed by atoms with Crippen molar-refractivity contribution in [2.75, 3.05) is 0 Å². The van der Waals surface area contributed by atoms with Crippen LogP contribution in [0, 0.1) is 11.8 Å². The Kier molecular flexibility index (Phi) is 5.55. The Morgan fingerprint density at radius 3 is 2.83 bits per heavy atom. The second kappa shape index (κ2) is 6.70. The van der Waals surface area contributed by atoms with E-state index in [1.165, 1.54) is 5.57 Å². The zero-order valence-electron chi connectivity index (χ0n) is 12.1. The predicted octanol–water partition coefficient (Wildman–Crippen LogP) is 4.43. The molecule has 0 aromatic rings. The van der Waals surface area contributed by atoms with Crippen LogP contribution in [0.5, 0.6) is 0 Å². The van der Waals surface area contributed by atoms with Gasteiger partial charge >= 0.3 is 0 Å². The number of nitrogens with zero attached hydrogens (tertiary/aromatic N) is 1. The number of isocyanates is 1. The van der Waals surface area contributed by atoms with E-state index in [4.69, 9.17) is 0 Å². The van der Waals surface area contributed by atoms with Crippen LogP contribution < -0.4 is 0 Å². The van der Waals surface area contributed by atoms with Gasteiger partial charge in [-0.3, -0.25) is 0 Å². The van der Waals surface area contributed by atoms with Crippen LogP contribution in [-0.4, -0.2) is 11.6 Å². The maximum atomic E-state index is 10.7. The molecule has 100 valence electrons. The number of rotatable bonds is 5. The monoisotopic (exact) mass is 247 g/mol. The third kappa shape index (κ3) is 4.27. The van der Waals surface area contributed by atoms with Gasteiger partial charge in [-0.15, -0.1) is 0 Å². The highest BCUT2D eigenvalue weighted by molar-refractivity contribution is 5.35. The second-order valence-electron chi connectivity index (χ2n) is 5.96. The molecule has 2 heteroatoms. The van der Waals surface area contributed by atoms with Crippen molar-refractivity contribution in [3.63, 3.8) is 0 Å². The summed E-state index contributed by atoms with van der Waals surface area (Å²) in [5.41, 5.74) is 1.17. The van der Waals surface area contributed by atoms with E-state index < -0.39 is 0 Å². The normalized spacial score (nSPS) is 23.6. The van der Waals surface area contributed by atoms with Crippen molar-refractivity contribution in [1.29, 1.82) is 0 Å². The Morgan fingerprint density at radius 2 is 2.33 bits per heavy atom. The molecule has 18 heavy (non-hydrogen) atoms. The van der Waals surface area contributed by atoms with Crippen LogP contribution in [0.2, 0.25) is 0 Å². The van der Waals surface area contributed by atoms with E-state index in [-0.39, 0.29) is 5.54 Å². The molecule has 1 aliphatic rings. The van der Waals surface area contributed by atoms with E-state index in [2.05, 4.69) is 50.9 Å². The van der Waals surface area contributed by atoms with Crippen molar-refractivity contribution in [3.05, 3.63) is 23.8 Å². The Balaban J connectivity index is 2.77. The van der Waals surface area contributed by atoms with Gasteiger partial charge in [0.15, 0.2) is 0 Å². The van der Waals surface area contributed by atoms with E-state index in [1.807, 2.05) is 0 Å². The molecule has 2 nitrogen and oxygen atoms in total. The SMILES string of the molecule is CC1=CCC(C(C)(CC=CC(C)C)N=C=O)CC1. The Hall–Kier alpha value is -1.14. The molecule has 0 aromatic heterocycles. The van der Waals surface area contributed by atoms with Crippen molar-refractivity contribution in [3.8, 4) is 0 Å². The van der Waals surface area contributed by atoms with Gasteiger partial charge in [-0.2, -0.15) is 4.99 Å². The molecule has 0 fully saturated rings. The predicted molar refractivity (Wildman–Crippen MR) is 76.2 cm³/mol. The summed E-state index contributed by atoms with van der Waals surface area (Å²) in [5, 5.41) is 0. The molecule has 0 N–H and O–H groups in total. The minimum atomic E-state index is -0.287. The first kappa shape index (κ1) is 14.9. The number of allylic oxidation sites excluding steroid dienone is 3. The molecular weight excluding hydrogens is 222 g/mol. The summed E-state index contributed by atoms with van der Waals surface area (Å²) < 4.78 is 0. The lowest BCUT2D eigenvalue weighted by Crippen LogP contribution is -2.33. The second-order valence-corrected chi connectivity index (χ2v) is 5.96. The molecule has 1 aliphatic carbocycles. The van der Waals surface area contributed by atoms with Crippen LogP contribution in [0.15, 0.2) is 28.8 Å². The molecule has 0 spiro atoms. The van der Waals surface area contributed by atoms with Gasteiger partial charge in [0.25, 0.3) is 0 Å². The first-order valence-corrected chi connectivity index (χ1v) is 6.89. The molecule has 2 atom stereocenters. The average molecular weight is 247 g/mol. The lowest BCUT2D eigenvalue weighted by Gasteiger charge is -2.34. The maximum Gasteiger partial charge on any atom is 0.235 e. The van der Waals surface area contributed by atoms with Gasteiger partial charge in [0.2, 0.25) is 6.08 Å². The third-order valence-electron chi connectivity index (χ3n) is 3.87. The van der Waals surface area contributed by atoms with Crippen LogP contribution in [0.4, 0.5) is 0 Å². The van der Waals surface area contributed by atoms with Crippen LogP contribution >= 0.6 is 0 Å². The fraction of sp³-hybridized carbons (Fsp3) is 0.688. The molecule has 0 heterocycles. The standard InChI is InChI=1S/C16H25NO/c1-13(2)6-5-11-16(4,17-12-18)15-9-7-14(3)8-10-15/h5-7,13,15H,8-11H2,1-4H3. The zero-order valence-corrected chi connectivity index (χ0v) is 12.1. The number of hydrogen-bond acceptors (Lipinski definition) is 2. The highest BCUT2D eigenvalue weighted by Crippen LogP contribution is 2.36. The molecule has 0 bridgehead atoms. The fourth-order valence-corrected chi connectivity index (χ4v) is 2.52. The minimum Gasteiger partial charge on any atom is -0.211 e. The van der Waals surface area contributed by atoms with E-state index >= 15 is 0 Å². The lowest BCUT2D eigenvalue weighted by atomic mass is 9.75. The first-order chi connectivity index (χ1) is 8.48. The molecular formula is C16H25NO. The minimum absolute atomic E-state index is 0.287. The highest BCUT2D eigenvalue weighted by Gasteiger charge is 2.33. The van der Waals surface area contributed by atoms with Gasteiger partial charge in [0, 0.05) is 0 Å². The zero-order chi connectivity index (χ0) is 13.6. The van der Waals surface area contributed by atoms with Crippen molar-refractivity contribution in [2.24, 2.45) is 16.8 Å². The van der Waals surface area contributed by atoms with Crippen molar-refractivity contribution in [2.45, 2.75) is 58.9 Å². The summed E-state index contributed by atoms with van der Waals surface area (Å²) in [4.78, 5) is 14.8. The van der Waals surface area contributed by atoms with E-state index in [0.29, 0.717) is 11.8 Å². The van der Waals surface area contributed by atoms with Crippen molar-refractivity contribution < 1.29 is 4.79 Å². The van der Waals surface area contributed by atoms with Crippen LogP contribution in [0.1, 0.15) is 53.4 Å². The van der Waals surface area contributed by atoms with E-state index in [1.54, 1.807) is 6.08 Å². The van der Waals surface area contributed by atoms with Crippen LogP contribution in [-0.2, 0) is 4.79 Å². The van der Waals surface area contributed by atoms with E-state index in [0.717, 1.165) is 25.7 Å². The summed E-state index contributed by atoms with van der Waals surface area (Å²) in [5.74, 6) is 1.00. The lowest BCUT2D eigenvalue weighted by molar-refractivity contribution is 0.274. The van der Waals surface area contributed by atoms with Gasteiger partial charge in [-0.1, -0.05) is 37.6 Å². The quantitative estimate of drug-likeness (QED) is 0.401. The highest BCUT2D eigenvalue weighted by atomic mass is 16.1. The Morgan fingerprint density at radius 1 is 1.61 bits per heavy atom. The van der Waals surface area contributed by atoms with Gasteiger partial charge in [-0.25, -0.2) is 4.79 Å². The Labute approximate surface area is 111 Å². The summed E-state index contributed by atoms with van der Waals surface area (Å²) in [7, 11) is 0. The molecule has 0 saturated heterocycles. The molecule has 1 rings (SSSR count). The van der Waals surface area contributed by atoms with Gasteiger partial charge in [-0.05, 0) is 51.4 Å². The van der Waals surface area contributed by atoms with Crippen LogP contribution in [0.3, 0.4) is 0 Å². The maximum absolute atomic E-state index is 10.7. The number of carbonyl (C=O) groups excluding carboxylic acids is 1. The summed E-state index contributed by atoms with van der Waals surface area (Å²) in [6, 6.07) is 0. The third-order valence-corrected chi connectivity index (χ3v) is 3.87. The van der Waals surface area contributed by atoms with Crippen LogP contribution in [0.25, 0.3) is 0 Å². The summed E-state index contributed by atoms with van der Waals surface area (Å²) in [6.45, 7) is 8.57. The molecule has 0 amide bonds. The van der Waals surface area contributed by atoms with E-state index in [9.17, 15) is 4.79 Å². The first-order valence-electron chi connectivity index (χ1n) is 6.89. The topological polar surface area (TPSA) is 29.4 Å². The number of hydrogen-bond donors (Lipinski definition) is 0. The largest absolute Gasteiger partial charge is 0.235 e. The van der Waals surface area contributed by atoms with Crippen molar-refractivity contribution in [1.82, 2.24) is 0 Å². The van der Waals surface area contributed by atoms with Gasteiger partial charge in [0.1, 0.15) is 0 Å². The molecule has 0 radical (unpaired) electrons. The molecule has 0 aromatic carbocycles. The molecule has 0 saturated carbocycles.